The summed E-state index contributed by atoms with van der Waals surface area (Å²) in [7, 11) is 5.03. The molecule has 0 radical (unpaired) electrons. The number of amides is 20. The van der Waals surface area contributed by atoms with Gasteiger partial charge in [0.2, 0.25) is 0 Å². The van der Waals surface area contributed by atoms with Gasteiger partial charge >= 0.3 is 66.5 Å². The van der Waals surface area contributed by atoms with E-state index in [0.717, 1.165) is 45.4 Å². The van der Waals surface area contributed by atoms with Gasteiger partial charge in [0.25, 0.3) is 0 Å². The van der Waals surface area contributed by atoms with Crippen LogP contribution in [-0.4, -0.2) is 195 Å². The third-order valence-corrected chi connectivity index (χ3v) is 12.0. The third kappa shape index (κ3) is 92.5. The molecule has 1 unspecified atom stereocenters. The molecule has 0 heterocycles. The van der Waals surface area contributed by atoms with E-state index in [9.17, 15) is 61.1 Å². The highest BCUT2D eigenvalue weighted by molar-refractivity contribution is 5.77. The van der Waals surface area contributed by atoms with Crippen LogP contribution in [0, 0.1) is 0 Å². The SMILES string of the molecule is CC(C)NC(=O)N(C)C.CC(C)NC(=O)NC(C)(C)C.CC(C)NC(=O)NC(C)C.CC(C)NC(=O)NC(C)C(F)(F)F.CC(C)NC(=O)NC1CCC1.CC(C)NC(=O)NC1CCCC1.CC(C)NC(=O)NC1CCCCC1.CC(C)NC(N)=O.CCNC(=O)NC(C)C.CNC(=O)NC(C)C. The van der Waals surface area contributed by atoms with Gasteiger partial charge in [-0.05, 0) is 232 Å². The summed E-state index contributed by atoms with van der Waals surface area (Å²) in [6.07, 6.45) is 10.1. The number of primary amides is 1. The third-order valence-electron chi connectivity index (χ3n) is 12.0. The molecule has 0 bridgehead atoms. The number of hydrogen-bond donors (Lipinski definition) is 19. The molecule has 0 aromatic carbocycles. The molecule has 3 fully saturated rings. The molecule has 3 rings (SSSR count). The molecule has 0 aliphatic heterocycles. The number of carbonyl (C=O) groups is 10. The maximum atomic E-state index is 11.9. The predicted molar refractivity (Wildman–Crippen MR) is 413 cm³/mol. The Morgan fingerprint density at radius 3 is 0.816 bits per heavy atom. The van der Waals surface area contributed by atoms with Gasteiger partial charge in [-0.1, -0.05) is 32.1 Å². The van der Waals surface area contributed by atoms with Crippen molar-refractivity contribution >= 4 is 60.3 Å². The van der Waals surface area contributed by atoms with Crippen LogP contribution in [0.25, 0.3) is 0 Å². The normalized spacial score (nSPS) is 13.3. The standard InChI is InChI=1S/C10H20N2O.C9H18N2O.C8H16N2O.C8H18N2O.C7H13F3N2O.C7H16N2O.2C6H14N2O.C5H12N2O.C4H10N2O/c1-8(2)11-10(13)12-9-6-4-3-5-7-9;1-7(2)10-9(12)11-8-5-3-4-6-8;1-6(2)9-8(11)10-7-4-3-5-7;1-6(2)9-7(11)10-8(3,4)5;1-4(2)11-6(13)12-5(3)7(8,9)10;1-5(2)8-7(10)9-6(3)4;1-5(2)7-6(9)8(3)4;1-4-7-6(9)8-5(2)3;1-4(2)7-5(8)6-3;1-3(2)6-4(5)7/h8-9H,3-7H2,1-2H3,(H2,11,12,13);7-8H,3-6H2,1-2H3,(H2,10,11,12);6-7H,3-5H2,1-2H3,(H2,9,10,11);6H,1-5H3,(H2,9,10,11);4-5H,1-3H3,(H2,11,12,13);5-6H,1-4H3,(H2,8,9,10);5H,1-4H3,(H,7,9);5H,4H2,1-3H3,(H2,7,8,9);4H,1-3H3,(H2,6,7,8);3H,1-2H3,(H3,5,6,7). The Balaban J connectivity index is -0.000000200. The lowest BCUT2D eigenvalue weighted by molar-refractivity contribution is -0.148. The van der Waals surface area contributed by atoms with E-state index >= 15 is 0 Å². The zero-order chi connectivity index (χ0) is 81.9. The zero-order valence-corrected chi connectivity index (χ0v) is 69.1. The lowest BCUT2D eigenvalue weighted by Crippen LogP contribution is -2.49. The van der Waals surface area contributed by atoms with Crippen LogP contribution in [-0.2, 0) is 0 Å². The molecular formula is C70H151F3N20O10. The molecule has 0 aromatic heterocycles. The first kappa shape index (κ1) is 109. The Bertz CT molecular complexity index is 2210. The first-order valence-corrected chi connectivity index (χ1v) is 36.7. The van der Waals surface area contributed by atoms with Crippen LogP contribution in [0.5, 0.6) is 0 Å². The van der Waals surface area contributed by atoms with Gasteiger partial charge in [0.15, 0.2) is 0 Å². The maximum absolute atomic E-state index is 11.9. The van der Waals surface area contributed by atoms with Crippen molar-refractivity contribution in [3.8, 4) is 0 Å². The van der Waals surface area contributed by atoms with Crippen LogP contribution < -0.4 is 101 Å². The van der Waals surface area contributed by atoms with Crippen molar-refractivity contribution in [2.45, 2.75) is 366 Å². The smallest absolute Gasteiger partial charge is 0.352 e. The second kappa shape index (κ2) is 64.1. The number of nitrogens with one attached hydrogen (secondary N) is 18. The van der Waals surface area contributed by atoms with Crippen molar-refractivity contribution in [2.75, 3.05) is 27.7 Å². The molecule has 0 aromatic rings. The minimum Gasteiger partial charge on any atom is -0.352 e. The lowest BCUT2D eigenvalue weighted by Gasteiger charge is -2.26. The molecule has 0 spiro atoms. The van der Waals surface area contributed by atoms with Crippen molar-refractivity contribution < 1.29 is 61.1 Å². The number of nitrogens with two attached hydrogens (primary N) is 1. The Hall–Kier alpha value is -7.51. The average Bonchev–Trinajstić information content (AvgIpc) is 1.81. The Labute approximate surface area is 619 Å². The van der Waals surface area contributed by atoms with Gasteiger partial charge in [-0.3, -0.25) is 0 Å². The van der Waals surface area contributed by atoms with Gasteiger partial charge in [-0.15, -0.1) is 0 Å². The van der Waals surface area contributed by atoms with Crippen LogP contribution in [0.1, 0.15) is 264 Å². The minimum atomic E-state index is -4.39. The van der Waals surface area contributed by atoms with E-state index < -0.39 is 24.3 Å². The van der Waals surface area contributed by atoms with E-state index in [-0.39, 0.29) is 120 Å². The van der Waals surface area contributed by atoms with Crippen molar-refractivity contribution in [2.24, 2.45) is 5.73 Å². The maximum Gasteiger partial charge on any atom is 0.408 e. The van der Waals surface area contributed by atoms with E-state index in [2.05, 4.69) is 90.4 Å². The number of urea groups is 10. The molecule has 3 aliphatic rings. The van der Waals surface area contributed by atoms with E-state index in [4.69, 9.17) is 5.73 Å². The quantitative estimate of drug-likeness (QED) is 0.0692. The number of nitrogens with zero attached hydrogens (tertiary/aromatic N) is 1. The van der Waals surface area contributed by atoms with E-state index in [1.165, 1.54) is 43.4 Å². The van der Waals surface area contributed by atoms with Crippen LogP contribution >= 0.6 is 0 Å². The van der Waals surface area contributed by atoms with Gasteiger partial charge < -0.3 is 106 Å². The molecule has 20 amide bonds. The number of carbonyl (C=O) groups excluding carboxylic acids is 10. The largest absolute Gasteiger partial charge is 0.408 e. The zero-order valence-electron chi connectivity index (χ0n) is 69.1. The Morgan fingerprint density at radius 1 is 0.359 bits per heavy atom. The summed E-state index contributed by atoms with van der Waals surface area (Å²) >= 11 is 0. The highest BCUT2D eigenvalue weighted by Crippen LogP contribution is 2.20. The second-order valence-electron chi connectivity index (χ2n) is 29.4. The average molecular weight is 1490 g/mol. The highest BCUT2D eigenvalue weighted by Gasteiger charge is 2.37. The molecule has 0 saturated heterocycles. The Kier molecular flexibility index (Phi) is 67.8. The van der Waals surface area contributed by atoms with Gasteiger partial charge in [-0.2, -0.15) is 13.2 Å². The molecule has 3 saturated carbocycles. The van der Waals surface area contributed by atoms with Crippen molar-refractivity contribution in [1.29, 1.82) is 0 Å². The number of hydrogen-bond acceptors (Lipinski definition) is 10. The fraction of sp³-hybridized carbons (Fsp3) is 0.857. The molecule has 20 N–H and O–H groups in total. The monoisotopic (exact) mass is 1490 g/mol. The summed E-state index contributed by atoms with van der Waals surface area (Å²) in [6.45, 7) is 51.3. The van der Waals surface area contributed by atoms with Crippen LogP contribution in [0.15, 0.2) is 0 Å². The summed E-state index contributed by atoms with van der Waals surface area (Å²) < 4.78 is 35.7. The number of alkyl halides is 3. The molecular weight excluding hydrogens is 1340 g/mol. The second-order valence-corrected chi connectivity index (χ2v) is 29.4. The summed E-state index contributed by atoms with van der Waals surface area (Å²) in [5.41, 5.74) is 4.59. The van der Waals surface area contributed by atoms with Crippen LogP contribution in [0.2, 0.25) is 0 Å². The number of rotatable bonds is 16. The number of halogens is 3. The summed E-state index contributed by atoms with van der Waals surface area (Å²) in [4.78, 5) is 109. The molecule has 30 nitrogen and oxygen atoms in total. The first-order valence-electron chi connectivity index (χ1n) is 36.7. The summed E-state index contributed by atoms with van der Waals surface area (Å²) in [5.74, 6) is 0. The molecule has 1 atom stereocenters. The fourth-order valence-corrected chi connectivity index (χ4v) is 7.59. The molecule has 612 valence electrons. The minimum absolute atomic E-state index is 0.0121. The Morgan fingerprint density at radius 2 is 0.612 bits per heavy atom. The van der Waals surface area contributed by atoms with Gasteiger partial charge in [0, 0.05) is 118 Å². The van der Waals surface area contributed by atoms with Gasteiger partial charge in [-0.25, -0.2) is 47.9 Å². The first-order chi connectivity index (χ1) is 47.1. The van der Waals surface area contributed by atoms with Crippen molar-refractivity contribution in [3.63, 3.8) is 0 Å². The van der Waals surface area contributed by atoms with Crippen molar-refractivity contribution in [3.05, 3.63) is 0 Å². The van der Waals surface area contributed by atoms with Gasteiger partial charge in [0.05, 0.1) is 0 Å². The van der Waals surface area contributed by atoms with Crippen LogP contribution in [0.3, 0.4) is 0 Å². The van der Waals surface area contributed by atoms with E-state index in [0.29, 0.717) is 24.7 Å². The summed E-state index contributed by atoms with van der Waals surface area (Å²) in [5, 5.41) is 48.0. The predicted octanol–water partition coefficient (Wildman–Crippen LogP) is 10.9. The van der Waals surface area contributed by atoms with Crippen LogP contribution in [0.4, 0.5) is 61.1 Å². The fourth-order valence-electron chi connectivity index (χ4n) is 7.59. The topological polar surface area (TPSA) is 416 Å². The lowest BCUT2D eigenvalue weighted by atomic mass is 9.93. The van der Waals surface area contributed by atoms with Crippen molar-refractivity contribution in [1.82, 2.24) is 101 Å². The molecule has 33 heteroatoms. The molecule has 103 heavy (non-hydrogen) atoms. The van der Waals surface area contributed by atoms with E-state index in [1.54, 1.807) is 40.3 Å². The summed E-state index contributed by atoms with van der Waals surface area (Å²) in [6, 6.07) is -0.408. The van der Waals surface area contributed by atoms with Gasteiger partial charge in [0.1, 0.15) is 6.04 Å². The van der Waals surface area contributed by atoms with E-state index in [1.807, 2.05) is 166 Å². The highest BCUT2D eigenvalue weighted by atomic mass is 19.4. The molecule has 3 aliphatic carbocycles.